The van der Waals surface area contributed by atoms with Crippen LogP contribution in [0.5, 0.6) is 0 Å². The van der Waals surface area contributed by atoms with Crippen LogP contribution in [0.2, 0.25) is 0 Å². The van der Waals surface area contributed by atoms with E-state index in [1.165, 1.54) is 5.39 Å². The largest absolute Gasteiger partial charge is 0.348 e. The smallest absolute Gasteiger partial charge is 0.271 e. The molecule has 1 aliphatic heterocycles. The molecule has 6 heteroatoms. The van der Waals surface area contributed by atoms with E-state index in [1.807, 2.05) is 35.4 Å². The van der Waals surface area contributed by atoms with E-state index < -0.39 is 0 Å². The van der Waals surface area contributed by atoms with Crippen molar-refractivity contribution < 1.29 is 4.79 Å². The number of piperidine rings is 1. The molecule has 1 saturated heterocycles. The van der Waals surface area contributed by atoms with Gasteiger partial charge in [0.15, 0.2) is 0 Å². The zero-order valence-corrected chi connectivity index (χ0v) is 15.4. The molecule has 6 nitrogen and oxygen atoms in total. The highest BCUT2D eigenvalue weighted by Gasteiger charge is 2.27. The first kappa shape index (κ1) is 16.7. The number of carbonyl (C=O) groups excluding carboxylic acids is 1. The average Bonchev–Trinajstić information content (AvgIpc) is 3.45. The lowest BCUT2D eigenvalue weighted by atomic mass is 9.97. The van der Waals surface area contributed by atoms with Crippen molar-refractivity contribution in [1.82, 2.24) is 25.1 Å². The van der Waals surface area contributed by atoms with Crippen molar-refractivity contribution >= 4 is 16.7 Å². The molecule has 1 aliphatic rings. The molecule has 5 rings (SSSR count). The Balaban J connectivity index is 1.36. The summed E-state index contributed by atoms with van der Waals surface area (Å²) >= 11 is 0. The first-order valence-corrected chi connectivity index (χ1v) is 9.61. The van der Waals surface area contributed by atoms with Crippen molar-refractivity contribution in [1.29, 1.82) is 0 Å². The van der Waals surface area contributed by atoms with Crippen LogP contribution in [0.15, 0.2) is 60.9 Å². The number of H-pyrrole nitrogens is 2. The maximum atomic E-state index is 13.0. The van der Waals surface area contributed by atoms with E-state index in [0.29, 0.717) is 12.2 Å². The number of rotatable bonds is 3. The Hall–Kier alpha value is -3.41. The molecule has 1 unspecified atom stereocenters. The number of aromatic nitrogens is 4. The van der Waals surface area contributed by atoms with Gasteiger partial charge in [-0.25, -0.2) is 4.98 Å². The van der Waals surface area contributed by atoms with Crippen LogP contribution in [0.25, 0.3) is 22.0 Å². The maximum Gasteiger partial charge on any atom is 0.271 e. The lowest BCUT2D eigenvalue weighted by molar-refractivity contribution is 0.0699. The Bertz CT molecular complexity index is 1110. The number of hydrogen-bond acceptors (Lipinski definition) is 3. The van der Waals surface area contributed by atoms with Gasteiger partial charge in [-0.05, 0) is 35.7 Å². The van der Waals surface area contributed by atoms with Gasteiger partial charge in [0.1, 0.15) is 11.5 Å². The van der Waals surface area contributed by atoms with Gasteiger partial charge in [-0.15, -0.1) is 0 Å². The Morgan fingerprint density at radius 3 is 2.86 bits per heavy atom. The summed E-state index contributed by atoms with van der Waals surface area (Å²) in [5, 5.41) is 9.67. The SMILES string of the molecule is O=C(c1cc(-c2ccc3ccccc3c2)n[nH]1)N1CCCC(c2ncc[nH]2)C1. The fraction of sp³-hybridized carbons (Fsp3) is 0.227. The number of fused-ring (bicyclic) bond motifs is 1. The van der Waals surface area contributed by atoms with Gasteiger partial charge in [0.05, 0.1) is 5.69 Å². The second-order valence-electron chi connectivity index (χ2n) is 7.29. The molecule has 0 saturated carbocycles. The molecule has 0 radical (unpaired) electrons. The van der Waals surface area contributed by atoms with Gasteiger partial charge < -0.3 is 9.88 Å². The van der Waals surface area contributed by atoms with Gasteiger partial charge in [-0.2, -0.15) is 5.10 Å². The predicted molar refractivity (Wildman–Crippen MR) is 108 cm³/mol. The molecule has 4 aromatic rings. The Morgan fingerprint density at radius 2 is 2.00 bits per heavy atom. The topological polar surface area (TPSA) is 77.7 Å². The van der Waals surface area contributed by atoms with Crippen LogP contribution in [0.3, 0.4) is 0 Å². The van der Waals surface area contributed by atoms with Crippen molar-refractivity contribution in [3.63, 3.8) is 0 Å². The number of imidazole rings is 1. The third-order valence-corrected chi connectivity index (χ3v) is 5.47. The molecule has 3 heterocycles. The lowest BCUT2D eigenvalue weighted by Gasteiger charge is -2.31. The molecule has 0 bridgehead atoms. The zero-order chi connectivity index (χ0) is 18.9. The summed E-state index contributed by atoms with van der Waals surface area (Å²) in [7, 11) is 0. The first-order chi connectivity index (χ1) is 13.8. The summed E-state index contributed by atoms with van der Waals surface area (Å²) in [6.45, 7) is 1.44. The Labute approximate surface area is 162 Å². The number of nitrogens with one attached hydrogen (secondary N) is 2. The summed E-state index contributed by atoms with van der Waals surface area (Å²) in [5.74, 6) is 1.21. The van der Waals surface area contributed by atoms with Gasteiger partial charge in [-0.1, -0.05) is 36.4 Å². The molecule has 1 fully saturated rings. The van der Waals surface area contributed by atoms with Gasteiger partial charge in [-0.3, -0.25) is 9.89 Å². The van der Waals surface area contributed by atoms with Crippen molar-refractivity contribution in [3.05, 3.63) is 72.4 Å². The van der Waals surface area contributed by atoms with E-state index in [4.69, 9.17) is 0 Å². The molecule has 1 atom stereocenters. The quantitative estimate of drug-likeness (QED) is 0.572. The molecule has 0 spiro atoms. The normalized spacial score (nSPS) is 17.1. The minimum absolute atomic E-state index is 0.00389. The molecule has 2 aromatic heterocycles. The highest BCUT2D eigenvalue weighted by Crippen LogP contribution is 2.27. The van der Waals surface area contributed by atoms with Gasteiger partial charge in [0.25, 0.3) is 5.91 Å². The maximum absolute atomic E-state index is 13.0. The van der Waals surface area contributed by atoms with Crippen molar-refractivity contribution in [2.24, 2.45) is 0 Å². The summed E-state index contributed by atoms with van der Waals surface area (Å²) in [6, 6.07) is 16.3. The Kier molecular flexibility index (Phi) is 4.16. The molecule has 1 amide bonds. The molecule has 0 aliphatic carbocycles. The molecule has 2 N–H and O–H groups in total. The van der Waals surface area contributed by atoms with E-state index >= 15 is 0 Å². The van der Waals surface area contributed by atoms with Crippen molar-refractivity contribution in [2.45, 2.75) is 18.8 Å². The standard InChI is InChI=1S/C22H21N5O/c28-22(27-11-3-6-18(14-27)21-23-9-10-24-21)20-13-19(25-26-20)17-8-7-15-4-1-2-5-16(15)12-17/h1-2,4-5,7-10,12-13,18H,3,6,11,14H2,(H,23,24)(H,25,26). The monoisotopic (exact) mass is 371 g/mol. The predicted octanol–water partition coefficient (Wildman–Crippen LogP) is 3.97. The molecule has 140 valence electrons. The van der Waals surface area contributed by atoms with Gasteiger partial charge in [0.2, 0.25) is 0 Å². The number of likely N-dealkylation sites (tertiary alicyclic amines) is 1. The lowest BCUT2D eigenvalue weighted by Crippen LogP contribution is -2.39. The van der Waals surface area contributed by atoms with E-state index in [-0.39, 0.29) is 11.8 Å². The highest BCUT2D eigenvalue weighted by molar-refractivity contribution is 5.94. The summed E-state index contributed by atoms with van der Waals surface area (Å²) in [5.41, 5.74) is 2.32. The number of aromatic amines is 2. The van der Waals surface area contributed by atoms with E-state index in [2.05, 4.69) is 44.4 Å². The van der Waals surface area contributed by atoms with Crippen LogP contribution in [0.1, 0.15) is 35.1 Å². The van der Waals surface area contributed by atoms with Crippen LogP contribution in [-0.2, 0) is 0 Å². The third-order valence-electron chi connectivity index (χ3n) is 5.47. The van der Waals surface area contributed by atoms with Gasteiger partial charge in [0, 0.05) is 37.0 Å². The van der Waals surface area contributed by atoms with Crippen LogP contribution in [0.4, 0.5) is 0 Å². The molecule has 28 heavy (non-hydrogen) atoms. The summed E-state index contributed by atoms with van der Waals surface area (Å²) < 4.78 is 0. The van der Waals surface area contributed by atoms with Crippen LogP contribution < -0.4 is 0 Å². The van der Waals surface area contributed by atoms with E-state index in [0.717, 1.165) is 41.9 Å². The van der Waals surface area contributed by atoms with Crippen molar-refractivity contribution in [3.8, 4) is 11.3 Å². The van der Waals surface area contributed by atoms with E-state index in [9.17, 15) is 4.79 Å². The highest BCUT2D eigenvalue weighted by atomic mass is 16.2. The number of hydrogen-bond donors (Lipinski definition) is 2. The minimum atomic E-state index is -0.00389. The number of amides is 1. The van der Waals surface area contributed by atoms with Gasteiger partial charge >= 0.3 is 0 Å². The average molecular weight is 371 g/mol. The van der Waals surface area contributed by atoms with Crippen LogP contribution in [0, 0.1) is 0 Å². The number of carbonyl (C=O) groups is 1. The van der Waals surface area contributed by atoms with Crippen LogP contribution in [-0.4, -0.2) is 44.1 Å². The van der Waals surface area contributed by atoms with Crippen LogP contribution >= 0.6 is 0 Å². The first-order valence-electron chi connectivity index (χ1n) is 9.61. The minimum Gasteiger partial charge on any atom is -0.348 e. The second-order valence-corrected chi connectivity index (χ2v) is 7.29. The zero-order valence-electron chi connectivity index (χ0n) is 15.4. The summed E-state index contributed by atoms with van der Waals surface area (Å²) in [4.78, 5) is 22.4. The molecular weight excluding hydrogens is 350 g/mol. The van der Waals surface area contributed by atoms with Crippen molar-refractivity contribution in [2.75, 3.05) is 13.1 Å². The third kappa shape index (κ3) is 3.07. The Morgan fingerprint density at radius 1 is 1.11 bits per heavy atom. The fourth-order valence-corrected chi connectivity index (χ4v) is 3.98. The number of nitrogens with zero attached hydrogens (tertiary/aromatic N) is 3. The molecular formula is C22H21N5O. The fourth-order valence-electron chi connectivity index (χ4n) is 3.98. The second kappa shape index (κ2) is 6.96. The summed E-state index contributed by atoms with van der Waals surface area (Å²) in [6.07, 6.45) is 5.62. The molecule has 2 aromatic carbocycles. The van der Waals surface area contributed by atoms with E-state index in [1.54, 1.807) is 6.20 Å². The number of benzene rings is 2.